The van der Waals surface area contributed by atoms with Gasteiger partial charge in [-0.3, -0.25) is 9.97 Å². The molecule has 4 rings (SSSR count). The highest BCUT2D eigenvalue weighted by atomic mass is 32.1. The molecule has 2 atom stereocenters. The first-order chi connectivity index (χ1) is 12.6. The predicted octanol–water partition coefficient (Wildman–Crippen LogP) is 3.30. The van der Waals surface area contributed by atoms with Crippen molar-refractivity contribution < 1.29 is 0 Å². The molecule has 0 aromatic carbocycles. The third-order valence-corrected chi connectivity index (χ3v) is 5.37. The Kier molecular flexibility index (Phi) is 4.42. The van der Waals surface area contributed by atoms with E-state index in [9.17, 15) is 0 Å². The van der Waals surface area contributed by atoms with Gasteiger partial charge in [0.05, 0.1) is 17.8 Å². The summed E-state index contributed by atoms with van der Waals surface area (Å²) in [5.74, 6) is 0. The Labute approximate surface area is 158 Å². The molecule has 0 amide bonds. The summed E-state index contributed by atoms with van der Waals surface area (Å²) in [7, 11) is 2.10. The lowest BCUT2D eigenvalue weighted by Crippen LogP contribution is -2.30. The SMILES string of the molecule is Cc1ccc([C@@H]2[C@@H](c3ccccn3)NC(=S)N2Cc2ccncc2)n1C. The fraction of sp³-hybridized carbons (Fsp3) is 0.250. The second-order valence-electron chi connectivity index (χ2n) is 6.57. The molecule has 5 nitrogen and oxygen atoms in total. The smallest absolute Gasteiger partial charge is 0.170 e. The molecule has 0 radical (unpaired) electrons. The number of hydrogen-bond acceptors (Lipinski definition) is 3. The van der Waals surface area contributed by atoms with Crippen LogP contribution in [0.3, 0.4) is 0 Å². The lowest BCUT2D eigenvalue weighted by atomic mass is 10.0. The second kappa shape index (κ2) is 6.88. The first-order valence-electron chi connectivity index (χ1n) is 8.64. The van der Waals surface area contributed by atoms with E-state index in [-0.39, 0.29) is 12.1 Å². The number of aryl methyl sites for hydroxylation is 1. The molecule has 1 N–H and O–H groups in total. The molecule has 1 aliphatic rings. The van der Waals surface area contributed by atoms with Crippen LogP contribution in [0.25, 0.3) is 0 Å². The van der Waals surface area contributed by atoms with Crippen molar-refractivity contribution in [3.8, 4) is 0 Å². The van der Waals surface area contributed by atoms with Crippen LogP contribution in [0.2, 0.25) is 0 Å². The van der Waals surface area contributed by atoms with Gasteiger partial charge in [0.25, 0.3) is 0 Å². The van der Waals surface area contributed by atoms with E-state index in [0.717, 1.165) is 17.4 Å². The van der Waals surface area contributed by atoms with Gasteiger partial charge in [-0.15, -0.1) is 0 Å². The monoisotopic (exact) mass is 363 g/mol. The third kappa shape index (κ3) is 2.97. The fourth-order valence-electron chi connectivity index (χ4n) is 3.51. The Hall–Kier alpha value is -2.73. The summed E-state index contributed by atoms with van der Waals surface area (Å²) in [6.45, 7) is 2.85. The van der Waals surface area contributed by atoms with Crippen molar-refractivity contribution in [3.05, 3.63) is 83.7 Å². The van der Waals surface area contributed by atoms with Gasteiger partial charge >= 0.3 is 0 Å². The van der Waals surface area contributed by atoms with E-state index in [1.165, 1.54) is 17.0 Å². The topological polar surface area (TPSA) is 46.0 Å². The zero-order valence-corrected chi connectivity index (χ0v) is 15.6. The molecule has 6 heteroatoms. The average Bonchev–Trinajstić information content (AvgIpc) is 3.17. The maximum Gasteiger partial charge on any atom is 0.170 e. The van der Waals surface area contributed by atoms with E-state index in [0.29, 0.717) is 0 Å². The lowest BCUT2D eigenvalue weighted by Gasteiger charge is -2.28. The molecule has 0 unspecified atom stereocenters. The van der Waals surface area contributed by atoms with Crippen LogP contribution in [-0.2, 0) is 13.6 Å². The van der Waals surface area contributed by atoms with Crippen LogP contribution in [0.4, 0.5) is 0 Å². The number of thiocarbonyl (C=S) groups is 1. The van der Waals surface area contributed by atoms with E-state index >= 15 is 0 Å². The number of nitrogens with zero attached hydrogens (tertiary/aromatic N) is 4. The van der Waals surface area contributed by atoms with Gasteiger partial charge in [0, 0.05) is 43.6 Å². The number of pyridine rings is 2. The summed E-state index contributed by atoms with van der Waals surface area (Å²) in [5.41, 5.74) is 4.62. The van der Waals surface area contributed by atoms with E-state index in [1.807, 2.05) is 42.9 Å². The van der Waals surface area contributed by atoms with Crippen molar-refractivity contribution in [2.24, 2.45) is 7.05 Å². The van der Waals surface area contributed by atoms with Gasteiger partial charge in [0.2, 0.25) is 0 Å². The number of rotatable bonds is 4. The van der Waals surface area contributed by atoms with Crippen LogP contribution in [-0.4, -0.2) is 24.5 Å². The van der Waals surface area contributed by atoms with Gasteiger partial charge < -0.3 is 14.8 Å². The summed E-state index contributed by atoms with van der Waals surface area (Å²) in [6, 6.07) is 14.5. The molecule has 26 heavy (non-hydrogen) atoms. The van der Waals surface area contributed by atoms with Crippen LogP contribution in [0, 0.1) is 6.92 Å². The Morgan fingerprint density at radius 3 is 2.54 bits per heavy atom. The Balaban J connectivity index is 1.76. The second-order valence-corrected chi connectivity index (χ2v) is 6.96. The zero-order chi connectivity index (χ0) is 18.1. The average molecular weight is 363 g/mol. The van der Waals surface area contributed by atoms with Crippen molar-refractivity contribution in [2.45, 2.75) is 25.6 Å². The number of hydrogen-bond donors (Lipinski definition) is 1. The van der Waals surface area contributed by atoms with Gasteiger partial charge in [-0.25, -0.2) is 0 Å². The molecule has 1 aliphatic heterocycles. The molecular formula is C20H21N5S. The number of aromatic nitrogens is 3. The van der Waals surface area contributed by atoms with Gasteiger partial charge in [0.1, 0.15) is 0 Å². The van der Waals surface area contributed by atoms with Crippen molar-refractivity contribution in [1.29, 1.82) is 0 Å². The molecule has 0 spiro atoms. The quantitative estimate of drug-likeness (QED) is 0.721. The Morgan fingerprint density at radius 1 is 1.08 bits per heavy atom. The van der Waals surface area contributed by atoms with E-state index in [4.69, 9.17) is 12.2 Å². The molecule has 0 aliphatic carbocycles. The normalized spacial score (nSPS) is 19.6. The van der Waals surface area contributed by atoms with E-state index in [2.05, 4.69) is 56.9 Å². The fourth-order valence-corrected chi connectivity index (χ4v) is 3.82. The summed E-state index contributed by atoms with van der Waals surface area (Å²) < 4.78 is 2.23. The van der Waals surface area contributed by atoms with Crippen molar-refractivity contribution in [3.63, 3.8) is 0 Å². The van der Waals surface area contributed by atoms with Gasteiger partial charge in [-0.1, -0.05) is 6.07 Å². The van der Waals surface area contributed by atoms with Crippen LogP contribution in [0.15, 0.2) is 61.1 Å². The predicted molar refractivity (Wildman–Crippen MR) is 105 cm³/mol. The number of nitrogens with one attached hydrogen (secondary N) is 1. The van der Waals surface area contributed by atoms with Crippen LogP contribution in [0.1, 0.15) is 34.7 Å². The van der Waals surface area contributed by atoms with Crippen LogP contribution >= 0.6 is 12.2 Å². The lowest BCUT2D eigenvalue weighted by molar-refractivity contribution is 0.299. The largest absolute Gasteiger partial charge is 0.352 e. The van der Waals surface area contributed by atoms with Crippen LogP contribution < -0.4 is 5.32 Å². The molecule has 4 heterocycles. The zero-order valence-electron chi connectivity index (χ0n) is 14.8. The highest BCUT2D eigenvalue weighted by Crippen LogP contribution is 2.39. The first-order valence-corrected chi connectivity index (χ1v) is 9.05. The van der Waals surface area contributed by atoms with E-state index in [1.54, 1.807) is 0 Å². The molecular weight excluding hydrogens is 342 g/mol. The molecule has 0 bridgehead atoms. The standard InChI is InChI=1S/C20H21N5S/c1-14-6-7-17(24(14)2)19-18(16-5-3-4-10-22-16)23-20(26)25(19)13-15-8-11-21-12-9-15/h3-12,18-19H,13H2,1-2H3,(H,23,26)/t18-,19-/m1/s1. The van der Waals surface area contributed by atoms with E-state index < -0.39 is 0 Å². The molecule has 3 aromatic rings. The summed E-state index contributed by atoms with van der Waals surface area (Å²) in [4.78, 5) is 10.9. The summed E-state index contributed by atoms with van der Waals surface area (Å²) in [6.07, 6.45) is 5.47. The Morgan fingerprint density at radius 2 is 1.88 bits per heavy atom. The molecule has 1 fully saturated rings. The molecule has 132 valence electrons. The van der Waals surface area contributed by atoms with Crippen molar-refractivity contribution in [1.82, 2.24) is 24.8 Å². The van der Waals surface area contributed by atoms with Gasteiger partial charge in [0.15, 0.2) is 5.11 Å². The minimum atomic E-state index is 0.0125. The molecule has 1 saturated heterocycles. The van der Waals surface area contributed by atoms with Gasteiger partial charge in [-0.05, 0) is 61.1 Å². The highest BCUT2D eigenvalue weighted by Gasteiger charge is 2.40. The van der Waals surface area contributed by atoms with Crippen molar-refractivity contribution in [2.75, 3.05) is 0 Å². The molecule has 3 aromatic heterocycles. The summed E-state index contributed by atoms with van der Waals surface area (Å²) in [5, 5.41) is 4.24. The Bertz CT molecular complexity index is 906. The third-order valence-electron chi connectivity index (χ3n) is 5.01. The maximum absolute atomic E-state index is 5.71. The minimum absolute atomic E-state index is 0.0125. The first kappa shape index (κ1) is 16.7. The van der Waals surface area contributed by atoms with Crippen molar-refractivity contribution >= 4 is 17.3 Å². The maximum atomic E-state index is 5.71. The van der Waals surface area contributed by atoms with Gasteiger partial charge in [-0.2, -0.15) is 0 Å². The minimum Gasteiger partial charge on any atom is -0.352 e. The molecule has 0 saturated carbocycles. The van der Waals surface area contributed by atoms with Crippen LogP contribution in [0.5, 0.6) is 0 Å². The summed E-state index contributed by atoms with van der Waals surface area (Å²) >= 11 is 5.71. The highest BCUT2D eigenvalue weighted by molar-refractivity contribution is 7.80.